The largest absolute Gasteiger partial charge is 0.464 e. The standard InChI is InChI=1S/C25H49NO4/c1-6-8-9-10-11-12-13-14-15-16-17-18-19-20-29-23(27)21-26(7-2)24(28)30-22-25(3,4)5/h6-22H2,1-5H3. The minimum absolute atomic E-state index is 0.0437. The predicted molar refractivity (Wildman–Crippen MR) is 125 cm³/mol. The molecule has 0 spiro atoms. The van der Waals surface area contributed by atoms with E-state index in [4.69, 9.17) is 9.47 Å². The van der Waals surface area contributed by atoms with Crippen LogP contribution in [0.25, 0.3) is 0 Å². The summed E-state index contributed by atoms with van der Waals surface area (Å²) >= 11 is 0. The number of amides is 1. The van der Waals surface area contributed by atoms with Crippen molar-refractivity contribution < 1.29 is 19.1 Å². The van der Waals surface area contributed by atoms with Crippen molar-refractivity contribution in [3.05, 3.63) is 0 Å². The van der Waals surface area contributed by atoms with Crippen LogP contribution in [-0.4, -0.2) is 43.3 Å². The smallest absolute Gasteiger partial charge is 0.410 e. The molecule has 178 valence electrons. The zero-order valence-electron chi connectivity index (χ0n) is 20.6. The fraction of sp³-hybridized carbons (Fsp3) is 0.920. The molecule has 0 saturated heterocycles. The van der Waals surface area contributed by atoms with Crippen LogP contribution >= 0.6 is 0 Å². The molecule has 0 rings (SSSR count). The summed E-state index contributed by atoms with van der Waals surface area (Å²) in [4.78, 5) is 25.4. The zero-order valence-corrected chi connectivity index (χ0v) is 20.6. The second kappa shape index (κ2) is 18.5. The van der Waals surface area contributed by atoms with Gasteiger partial charge in [0.05, 0.1) is 13.2 Å². The van der Waals surface area contributed by atoms with Gasteiger partial charge in [-0.2, -0.15) is 0 Å². The number of nitrogens with zero attached hydrogens (tertiary/aromatic N) is 1. The van der Waals surface area contributed by atoms with Gasteiger partial charge in [0.15, 0.2) is 0 Å². The van der Waals surface area contributed by atoms with E-state index in [2.05, 4.69) is 6.92 Å². The molecule has 1 amide bonds. The van der Waals surface area contributed by atoms with Gasteiger partial charge in [0.1, 0.15) is 6.54 Å². The molecule has 5 nitrogen and oxygen atoms in total. The fourth-order valence-corrected chi connectivity index (χ4v) is 3.18. The third kappa shape index (κ3) is 18.7. The van der Waals surface area contributed by atoms with E-state index >= 15 is 0 Å². The number of esters is 1. The predicted octanol–water partition coefficient (Wildman–Crippen LogP) is 7.13. The second-order valence-electron chi connectivity index (χ2n) is 9.59. The van der Waals surface area contributed by atoms with E-state index in [0.717, 1.165) is 12.8 Å². The van der Waals surface area contributed by atoms with Crippen molar-refractivity contribution in [3.8, 4) is 0 Å². The van der Waals surface area contributed by atoms with Crippen molar-refractivity contribution >= 4 is 12.1 Å². The van der Waals surface area contributed by atoms with Gasteiger partial charge in [0, 0.05) is 6.54 Å². The zero-order chi connectivity index (χ0) is 22.7. The van der Waals surface area contributed by atoms with Crippen LogP contribution in [0.4, 0.5) is 4.79 Å². The van der Waals surface area contributed by atoms with Crippen molar-refractivity contribution in [3.63, 3.8) is 0 Å². The molecule has 0 aliphatic heterocycles. The maximum absolute atomic E-state index is 12.1. The number of unbranched alkanes of at least 4 members (excludes halogenated alkanes) is 12. The van der Waals surface area contributed by atoms with E-state index in [1.54, 1.807) is 0 Å². The maximum Gasteiger partial charge on any atom is 0.410 e. The lowest BCUT2D eigenvalue weighted by Crippen LogP contribution is -2.38. The normalized spacial score (nSPS) is 11.4. The topological polar surface area (TPSA) is 55.8 Å². The van der Waals surface area contributed by atoms with Crippen LogP contribution in [0.2, 0.25) is 0 Å². The molecule has 0 fully saturated rings. The van der Waals surface area contributed by atoms with Gasteiger partial charge in [0.2, 0.25) is 0 Å². The number of carbonyl (C=O) groups is 2. The SMILES string of the molecule is CCCCCCCCCCCCCCCOC(=O)CN(CC)C(=O)OCC(C)(C)C. The summed E-state index contributed by atoms with van der Waals surface area (Å²) in [6, 6.07) is 0. The third-order valence-electron chi connectivity index (χ3n) is 5.10. The van der Waals surface area contributed by atoms with Crippen LogP contribution in [0, 0.1) is 5.41 Å². The van der Waals surface area contributed by atoms with Gasteiger partial charge in [-0.1, -0.05) is 105 Å². The van der Waals surface area contributed by atoms with Crippen molar-refractivity contribution in [1.29, 1.82) is 0 Å². The molecule has 0 atom stereocenters. The summed E-state index contributed by atoms with van der Waals surface area (Å²) in [6.45, 7) is 11.2. The molecule has 0 aromatic rings. The summed E-state index contributed by atoms with van der Waals surface area (Å²) in [7, 11) is 0. The van der Waals surface area contributed by atoms with E-state index in [0.29, 0.717) is 19.8 Å². The average molecular weight is 428 g/mol. The molecule has 30 heavy (non-hydrogen) atoms. The van der Waals surface area contributed by atoms with Gasteiger partial charge in [-0.15, -0.1) is 0 Å². The van der Waals surface area contributed by atoms with Crippen LogP contribution in [-0.2, 0) is 14.3 Å². The Kier molecular flexibility index (Phi) is 17.7. The molecular weight excluding hydrogens is 378 g/mol. The average Bonchev–Trinajstić information content (AvgIpc) is 2.69. The Morgan fingerprint density at radius 1 is 0.700 bits per heavy atom. The van der Waals surface area contributed by atoms with Crippen molar-refractivity contribution in [2.45, 2.75) is 118 Å². The summed E-state index contributed by atoms with van der Waals surface area (Å²) in [5.74, 6) is -0.358. The molecule has 0 bridgehead atoms. The van der Waals surface area contributed by atoms with E-state index in [-0.39, 0.29) is 17.9 Å². The third-order valence-corrected chi connectivity index (χ3v) is 5.10. The molecule has 0 radical (unpaired) electrons. The van der Waals surface area contributed by atoms with Crippen LogP contribution in [0.5, 0.6) is 0 Å². The molecule has 5 heteroatoms. The minimum Gasteiger partial charge on any atom is -0.464 e. The molecule has 0 aromatic carbocycles. The number of rotatable bonds is 18. The molecule has 0 heterocycles. The van der Waals surface area contributed by atoms with Crippen molar-refractivity contribution in [1.82, 2.24) is 4.90 Å². The Labute approximate surface area is 186 Å². The summed E-state index contributed by atoms with van der Waals surface area (Å²) < 4.78 is 10.5. The Morgan fingerprint density at radius 3 is 1.60 bits per heavy atom. The summed E-state index contributed by atoms with van der Waals surface area (Å²) in [5, 5.41) is 0. The quantitative estimate of drug-likeness (QED) is 0.172. The first-order valence-corrected chi connectivity index (χ1v) is 12.4. The van der Waals surface area contributed by atoms with Gasteiger partial charge >= 0.3 is 12.1 Å². The molecule has 0 aromatic heterocycles. The van der Waals surface area contributed by atoms with Crippen LogP contribution in [0.15, 0.2) is 0 Å². The number of hydrogen-bond donors (Lipinski definition) is 0. The Bertz CT molecular complexity index is 431. The molecule has 0 N–H and O–H groups in total. The maximum atomic E-state index is 12.1. The van der Waals surface area contributed by atoms with E-state index in [1.807, 2.05) is 27.7 Å². The first kappa shape index (κ1) is 28.7. The van der Waals surface area contributed by atoms with Crippen LogP contribution in [0.1, 0.15) is 118 Å². The first-order chi connectivity index (χ1) is 14.3. The molecular formula is C25H49NO4. The number of ether oxygens (including phenoxy) is 2. The monoisotopic (exact) mass is 427 g/mol. The van der Waals surface area contributed by atoms with Gasteiger partial charge in [-0.25, -0.2) is 4.79 Å². The van der Waals surface area contributed by atoms with Gasteiger partial charge in [0.25, 0.3) is 0 Å². The second-order valence-corrected chi connectivity index (χ2v) is 9.59. The van der Waals surface area contributed by atoms with E-state index in [9.17, 15) is 9.59 Å². The fourth-order valence-electron chi connectivity index (χ4n) is 3.18. The van der Waals surface area contributed by atoms with Gasteiger partial charge in [-0.3, -0.25) is 9.69 Å². The van der Waals surface area contributed by atoms with E-state index < -0.39 is 6.09 Å². The molecule has 0 aliphatic rings. The lowest BCUT2D eigenvalue weighted by atomic mass is 9.99. The minimum atomic E-state index is -0.453. The highest BCUT2D eigenvalue weighted by molar-refractivity contribution is 5.78. The highest BCUT2D eigenvalue weighted by Gasteiger charge is 2.20. The molecule has 0 unspecified atom stereocenters. The van der Waals surface area contributed by atoms with Crippen LogP contribution < -0.4 is 0 Å². The number of likely N-dealkylation sites (N-methyl/N-ethyl adjacent to an activating group) is 1. The van der Waals surface area contributed by atoms with E-state index in [1.165, 1.54) is 75.5 Å². The van der Waals surface area contributed by atoms with Gasteiger partial charge < -0.3 is 9.47 Å². The lowest BCUT2D eigenvalue weighted by Gasteiger charge is -2.23. The van der Waals surface area contributed by atoms with Crippen molar-refractivity contribution in [2.75, 3.05) is 26.3 Å². The van der Waals surface area contributed by atoms with Crippen molar-refractivity contribution in [2.24, 2.45) is 5.41 Å². The summed E-state index contributed by atoms with van der Waals surface area (Å²) in [6.07, 6.45) is 16.3. The Morgan fingerprint density at radius 2 is 1.17 bits per heavy atom. The highest BCUT2D eigenvalue weighted by atomic mass is 16.6. The lowest BCUT2D eigenvalue weighted by molar-refractivity contribution is -0.144. The van der Waals surface area contributed by atoms with Gasteiger partial charge in [-0.05, 0) is 18.8 Å². The Balaban J connectivity index is 3.58. The molecule has 0 saturated carbocycles. The number of hydrogen-bond acceptors (Lipinski definition) is 4. The summed E-state index contributed by atoms with van der Waals surface area (Å²) in [5.41, 5.74) is -0.0934. The number of carbonyl (C=O) groups excluding carboxylic acids is 2. The highest BCUT2D eigenvalue weighted by Crippen LogP contribution is 2.14. The Hall–Kier alpha value is -1.26. The van der Waals surface area contributed by atoms with Crippen LogP contribution in [0.3, 0.4) is 0 Å². The first-order valence-electron chi connectivity index (χ1n) is 12.4. The molecule has 0 aliphatic carbocycles.